The van der Waals surface area contributed by atoms with Crippen LogP contribution in [0.4, 0.5) is 0 Å². The Balaban J connectivity index is 1.62. The number of furan rings is 1. The van der Waals surface area contributed by atoms with E-state index in [1.165, 1.54) is 9.96 Å². The van der Waals surface area contributed by atoms with E-state index in [2.05, 4.69) is 76.8 Å². The van der Waals surface area contributed by atoms with Gasteiger partial charge in [0, 0.05) is 7.57 Å². The first kappa shape index (κ1) is 19.8. The summed E-state index contributed by atoms with van der Waals surface area (Å²) in [6.45, 7) is 3.79. The van der Waals surface area contributed by atoms with Gasteiger partial charge in [-0.25, -0.2) is 0 Å². The van der Waals surface area contributed by atoms with Crippen LogP contribution in [-0.2, 0) is 0 Å². The molecule has 0 spiro atoms. The molecule has 3 aromatic carbocycles. The third kappa shape index (κ3) is 3.77. The topological polar surface area (TPSA) is 26.0 Å². The van der Waals surface area contributed by atoms with Gasteiger partial charge in [0.1, 0.15) is 0 Å². The molecule has 160 valence electrons. The number of aromatic nitrogens is 1. The predicted octanol–water partition coefficient (Wildman–Crippen LogP) is 7.98. The molecule has 2 aromatic heterocycles. The second-order valence-electron chi connectivity index (χ2n) is 9.75. The van der Waals surface area contributed by atoms with Crippen LogP contribution in [0.1, 0.15) is 26.7 Å². The molecule has 0 aliphatic carbocycles. The van der Waals surface area contributed by atoms with Crippen molar-refractivity contribution in [2.45, 2.75) is 37.0 Å². The summed E-state index contributed by atoms with van der Waals surface area (Å²) < 4.78 is 16.3. The number of rotatable bonds is 4. The first-order chi connectivity index (χ1) is 15.6. The van der Waals surface area contributed by atoms with E-state index < -0.39 is 19.2 Å². The van der Waals surface area contributed by atoms with Gasteiger partial charge in [-0.1, -0.05) is 13.8 Å². The van der Waals surface area contributed by atoms with E-state index in [0.717, 1.165) is 44.3 Å². The van der Waals surface area contributed by atoms with Crippen LogP contribution in [0, 0.1) is 0 Å². The van der Waals surface area contributed by atoms with E-state index >= 15 is 0 Å². The molecule has 3 heteroatoms. The van der Waals surface area contributed by atoms with Gasteiger partial charge in [-0.2, -0.15) is 0 Å². The third-order valence-corrected chi connectivity index (χ3v) is 10.5. The van der Waals surface area contributed by atoms with Crippen molar-refractivity contribution in [2.75, 3.05) is 0 Å². The zero-order valence-corrected chi connectivity index (χ0v) is 21.5. The molecule has 0 saturated carbocycles. The molecule has 0 aliphatic rings. The van der Waals surface area contributed by atoms with Crippen molar-refractivity contribution in [3.63, 3.8) is 0 Å². The molecular formula is C29H29GeNO. The summed E-state index contributed by atoms with van der Waals surface area (Å²) in [7, 11) is 0. The molecular weight excluding hydrogens is 451 g/mol. The van der Waals surface area contributed by atoms with Crippen LogP contribution in [-0.4, -0.2) is 18.3 Å². The Morgan fingerprint density at radius 2 is 1.59 bits per heavy atom. The Morgan fingerprint density at radius 1 is 0.844 bits per heavy atom. The van der Waals surface area contributed by atoms with Crippen LogP contribution in [0.3, 0.4) is 0 Å². The van der Waals surface area contributed by atoms with Crippen LogP contribution in [0.5, 0.6) is 0 Å². The average molecular weight is 481 g/mol. The van der Waals surface area contributed by atoms with Crippen molar-refractivity contribution in [3.05, 3.63) is 84.6 Å². The van der Waals surface area contributed by atoms with E-state index in [1.54, 1.807) is 6.20 Å². The predicted molar refractivity (Wildman–Crippen MR) is 139 cm³/mol. The number of benzene rings is 3. The van der Waals surface area contributed by atoms with E-state index in [1.807, 2.05) is 32.0 Å². The first-order valence-corrected chi connectivity index (χ1v) is 18.5. The molecule has 0 atom stereocenters. The number of para-hydroxylation sites is 1. The van der Waals surface area contributed by atoms with Gasteiger partial charge in [-0.3, -0.25) is 0 Å². The van der Waals surface area contributed by atoms with Crippen molar-refractivity contribution >= 4 is 39.6 Å². The molecule has 5 rings (SSSR count). The Hall–Kier alpha value is -2.85. The number of nitrogens with zero attached hydrogens (tertiary/aromatic N) is 1. The molecule has 0 aliphatic heterocycles. The van der Waals surface area contributed by atoms with Crippen molar-refractivity contribution in [2.24, 2.45) is 0 Å². The zero-order chi connectivity index (χ0) is 23.4. The summed E-state index contributed by atoms with van der Waals surface area (Å²) in [5.41, 5.74) is 6.81. The second kappa shape index (κ2) is 7.93. The minimum atomic E-state index is -1.82. The molecule has 0 unspecified atom stereocenters. The molecule has 0 bridgehead atoms. The molecule has 0 radical (unpaired) electrons. The van der Waals surface area contributed by atoms with E-state index in [4.69, 9.17) is 5.79 Å². The zero-order valence-electron chi connectivity index (χ0n) is 20.4. The summed E-state index contributed by atoms with van der Waals surface area (Å²) >= 11 is -1.82. The van der Waals surface area contributed by atoms with Gasteiger partial charge in [0.25, 0.3) is 0 Å². The second-order valence-corrected chi connectivity index (χ2v) is 20.4. The SMILES string of the molecule is [2H]C(C)(C)c1ccnc(-c2cccc3c2oc2cc(-c4cc[c]([Ge]([CH3])([CH3])[CH3])cc4)ccc23)c1. The molecule has 0 fully saturated rings. The maximum absolute atomic E-state index is 8.39. The summed E-state index contributed by atoms with van der Waals surface area (Å²) in [4.78, 5) is 4.60. The Labute approximate surface area is 194 Å². The summed E-state index contributed by atoms with van der Waals surface area (Å²) in [6, 6.07) is 25.7. The van der Waals surface area contributed by atoms with Crippen molar-refractivity contribution in [3.8, 4) is 22.4 Å². The van der Waals surface area contributed by atoms with Crippen LogP contribution >= 0.6 is 0 Å². The Morgan fingerprint density at radius 3 is 2.31 bits per heavy atom. The number of fused-ring (bicyclic) bond motifs is 3. The van der Waals surface area contributed by atoms with Gasteiger partial charge in [0.2, 0.25) is 0 Å². The normalized spacial score (nSPS) is 13.0. The van der Waals surface area contributed by atoms with Gasteiger partial charge in [0.05, 0.1) is 0 Å². The van der Waals surface area contributed by atoms with Gasteiger partial charge in [-0.15, -0.1) is 0 Å². The third-order valence-electron chi connectivity index (χ3n) is 6.20. The monoisotopic (exact) mass is 482 g/mol. The van der Waals surface area contributed by atoms with E-state index in [9.17, 15) is 0 Å². The van der Waals surface area contributed by atoms with Gasteiger partial charge < -0.3 is 0 Å². The molecule has 2 heterocycles. The minimum absolute atomic E-state index is 0.680. The van der Waals surface area contributed by atoms with Gasteiger partial charge in [-0.05, 0) is 17.5 Å². The number of hydrogen-bond acceptors (Lipinski definition) is 2. The molecule has 2 nitrogen and oxygen atoms in total. The fraction of sp³-hybridized carbons (Fsp3) is 0.207. The van der Waals surface area contributed by atoms with Gasteiger partial charge >= 0.3 is 155 Å². The summed E-state index contributed by atoms with van der Waals surface area (Å²) in [5.74, 6) is 6.58. The van der Waals surface area contributed by atoms with Crippen molar-refractivity contribution in [1.82, 2.24) is 4.98 Å². The average Bonchev–Trinajstić information content (AvgIpc) is 3.16. The fourth-order valence-corrected chi connectivity index (χ4v) is 6.68. The number of pyridine rings is 1. The Kier molecular flexibility index (Phi) is 4.91. The summed E-state index contributed by atoms with van der Waals surface area (Å²) in [5, 5.41) is 2.19. The molecule has 0 N–H and O–H groups in total. The molecule has 5 aromatic rings. The van der Waals surface area contributed by atoms with E-state index in [0.29, 0.717) is 0 Å². The number of hydrogen-bond donors (Lipinski definition) is 0. The van der Waals surface area contributed by atoms with Crippen LogP contribution in [0.2, 0.25) is 17.3 Å². The quantitative estimate of drug-likeness (QED) is 0.243. The standard InChI is InChI=1S/C29H29GeNO/c1-19(2)21-15-16-31-27(17-21)26-8-6-7-25-24-14-11-22(18-28(24)32-29(25)26)20-9-12-23(13-10-20)30(3,4)5/h6-19H,1-5H3/i19D. The van der Waals surface area contributed by atoms with Crippen LogP contribution < -0.4 is 4.40 Å². The summed E-state index contributed by atoms with van der Waals surface area (Å²) in [6.07, 6.45) is 1.78. The van der Waals surface area contributed by atoms with Crippen LogP contribution in [0.25, 0.3) is 44.3 Å². The Bertz CT molecular complexity index is 1470. The van der Waals surface area contributed by atoms with Gasteiger partial charge in [0.15, 0.2) is 0 Å². The fourth-order valence-electron chi connectivity index (χ4n) is 4.23. The molecule has 0 saturated heterocycles. The molecule has 32 heavy (non-hydrogen) atoms. The first-order valence-electron chi connectivity index (χ1n) is 11.6. The van der Waals surface area contributed by atoms with Crippen molar-refractivity contribution < 1.29 is 5.79 Å². The van der Waals surface area contributed by atoms with Crippen LogP contribution in [0.15, 0.2) is 83.4 Å². The molecule has 0 amide bonds. The maximum atomic E-state index is 8.39. The van der Waals surface area contributed by atoms with E-state index in [-0.39, 0.29) is 0 Å². The van der Waals surface area contributed by atoms with Crippen molar-refractivity contribution in [1.29, 1.82) is 0 Å².